The predicted octanol–water partition coefficient (Wildman–Crippen LogP) is 3.08. The lowest BCUT2D eigenvalue weighted by Crippen LogP contribution is -1.97. The second-order valence-corrected chi connectivity index (χ2v) is 4.95. The normalized spacial score (nSPS) is 11.1. The molecule has 0 aliphatic heterocycles. The van der Waals surface area contributed by atoms with E-state index in [1.807, 2.05) is 0 Å². The number of halogens is 1. The maximum Gasteiger partial charge on any atom is 0.351 e. The van der Waals surface area contributed by atoms with Gasteiger partial charge in [0.1, 0.15) is 11.6 Å². The number of thiophene rings is 1. The molecule has 0 spiro atoms. The molecule has 0 radical (unpaired) electrons. The highest BCUT2D eigenvalue weighted by atomic mass is 32.1. The van der Waals surface area contributed by atoms with Gasteiger partial charge < -0.3 is 9.84 Å². The molecule has 0 saturated heterocycles. The lowest BCUT2D eigenvalue weighted by molar-refractivity contribution is 0.0603. The van der Waals surface area contributed by atoms with Crippen molar-refractivity contribution in [2.45, 2.75) is 0 Å². The number of benzene rings is 1. The minimum Gasteiger partial charge on any atom is -0.505 e. The molecular weight excluding hydrogens is 269 g/mol. The third kappa shape index (κ3) is 1.72. The zero-order chi connectivity index (χ0) is 13.6. The molecule has 4 nitrogen and oxygen atoms in total. The predicted molar refractivity (Wildman–Crippen MR) is 70.1 cm³/mol. The molecule has 3 aromatic rings. The average Bonchev–Trinajstić information content (AvgIpc) is 2.76. The monoisotopic (exact) mass is 277 g/mol. The Bertz CT molecular complexity index is 812. The number of aromatic nitrogens is 1. The van der Waals surface area contributed by atoms with Crippen molar-refractivity contribution in [3.63, 3.8) is 0 Å². The van der Waals surface area contributed by atoms with Crippen LogP contribution in [0.5, 0.6) is 5.75 Å². The molecule has 19 heavy (non-hydrogen) atoms. The molecule has 1 N–H and O–H groups in total. The van der Waals surface area contributed by atoms with Crippen molar-refractivity contribution in [1.82, 2.24) is 4.98 Å². The molecule has 0 atom stereocenters. The third-order valence-electron chi connectivity index (χ3n) is 2.83. The van der Waals surface area contributed by atoms with Gasteiger partial charge in [0.15, 0.2) is 4.88 Å². The third-order valence-corrected chi connectivity index (χ3v) is 4.03. The molecule has 2 heterocycles. The Morgan fingerprint density at radius 2 is 2.21 bits per heavy atom. The zero-order valence-corrected chi connectivity index (χ0v) is 10.6. The number of nitrogens with zero attached hydrogens (tertiary/aromatic N) is 1. The summed E-state index contributed by atoms with van der Waals surface area (Å²) in [7, 11) is 1.24. The fraction of sp³-hybridized carbons (Fsp3) is 0.0769. The molecule has 2 aromatic heterocycles. The van der Waals surface area contributed by atoms with E-state index < -0.39 is 11.8 Å². The van der Waals surface area contributed by atoms with Gasteiger partial charge in [-0.1, -0.05) is 0 Å². The van der Waals surface area contributed by atoms with Gasteiger partial charge in [-0.15, -0.1) is 11.3 Å². The van der Waals surface area contributed by atoms with E-state index in [-0.39, 0.29) is 10.6 Å². The summed E-state index contributed by atoms with van der Waals surface area (Å²) in [5.74, 6) is -1.19. The quantitative estimate of drug-likeness (QED) is 0.694. The highest BCUT2D eigenvalue weighted by molar-refractivity contribution is 7.22. The van der Waals surface area contributed by atoms with E-state index in [1.165, 1.54) is 25.4 Å². The number of carbonyl (C=O) groups excluding carboxylic acids is 1. The number of fused-ring (bicyclic) bond motifs is 3. The SMILES string of the molecule is COC(=O)c1sc2c(cnc3ccc(F)cc32)c1O. The second-order valence-electron chi connectivity index (χ2n) is 3.93. The molecular formula is C13H8FNO3S. The summed E-state index contributed by atoms with van der Waals surface area (Å²) in [4.78, 5) is 15.8. The Morgan fingerprint density at radius 3 is 2.95 bits per heavy atom. The molecule has 0 aliphatic rings. The molecule has 1 aromatic carbocycles. The number of carbonyl (C=O) groups is 1. The number of hydrogen-bond acceptors (Lipinski definition) is 5. The fourth-order valence-corrected chi connectivity index (χ4v) is 3.03. The Labute approximate surface area is 111 Å². The van der Waals surface area contributed by atoms with Crippen molar-refractivity contribution in [1.29, 1.82) is 0 Å². The first-order valence-corrected chi connectivity index (χ1v) is 6.21. The Kier molecular flexibility index (Phi) is 2.60. The summed E-state index contributed by atoms with van der Waals surface area (Å²) >= 11 is 1.06. The van der Waals surface area contributed by atoms with Gasteiger partial charge in [-0.25, -0.2) is 9.18 Å². The molecule has 0 saturated carbocycles. The van der Waals surface area contributed by atoms with Crippen molar-refractivity contribution >= 4 is 38.3 Å². The van der Waals surface area contributed by atoms with Crippen molar-refractivity contribution in [2.75, 3.05) is 7.11 Å². The maximum atomic E-state index is 13.3. The van der Waals surface area contributed by atoms with Crippen molar-refractivity contribution in [2.24, 2.45) is 0 Å². The summed E-state index contributed by atoms with van der Waals surface area (Å²) in [6.07, 6.45) is 1.47. The van der Waals surface area contributed by atoms with E-state index >= 15 is 0 Å². The number of hydrogen-bond donors (Lipinski definition) is 1. The molecule has 6 heteroatoms. The minimum absolute atomic E-state index is 0.0936. The summed E-state index contributed by atoms with van der Waals surface area (Å²) in [5, 5.41) is 11.0. The lowest BCUT2D eigenvalue weighted by Gasteiger charge is -1.98. The number of aromatic hydroxyl groups is 1. The zero-order valence-electron chi connectivity index (χ0n) is 9.81. The van der Waals surface area contributed by atoms with E-state index in [2.05, 4.69) is 9.72 Å². The molecule has 96 valence electrons. The highest BCUT2D eigenvalue weighted by Gasteiger charge is 2.20. The number of rotatable bonds is 1. The van der Waals surface area contributed by atoms with Gasteiger partial charge in [-0.05, 0) is 18.2 Å². The van der Waals surface area contributed by atoms with E-state index in [0.717, 1.165) is 11.3 Å². The first-order valence-electron chi connectivity index (χ1n) is 5.40. The Morgan fingerprint density at radius 1 is 1.42 bits per heavy atom. The van der Waals surface area contributed by atoms with E-state index in [0.29, 0.717) is 21.0 Å². The summed E-state index contributed by atoms with van der Waals surface area (Å²) < 4.78 is 18.5. The molecule has 0 fully saturated rings. The van der Waals surface area contributed by atoms with Gasteiger partial charge in [-0.2, -0.15) is 0 Å². The molecule has 3 rings (SSSR count). The molecule has 0 aliphatic carbocycles. The van der Waals surface area contributed by atoms with Crippen LogP contribution in [0.4, 0.5) is 4.39 Å². The van der Waals surface area contributed by atoms with Crippen LogP contribution in [0.15, 0.2) is 24.4 Å². The highest BCUT2D eigenvalue weighted by Crippen LogP contribution is 2.40. The van der Waals surface area contributed by atoms with Crippen molar-refractivity contribution in [3.8, 4) is 5.75 Å². The Balaban J connectivity index is 2.42. The van der Waals surface area contributed by atoms with Crippen LogP contribution < -0.4 is 0 Å². The maximum absolute atomic E-state index is 13.3. The van der Waals surface area contributed by atoms with Crippen LogP contribution in [0, 0.1) is 5.82 Å². The first kappa shape index (κ1) is 11.9. The number of ether oxygens (including phenoxy) is 1. The summed E-state index contributed by atoms with van der Waals surface area (Å²) in [6.45, 7) is 0. The smallest absolute Gasteiger partial charge is 0.351 e. The number of esters is 1. The van der Waals surface area contributed by atoms with Gasteiger partial charge in [0.05, 0.1) is 22.7 Å². The van der Waals surface area contributed by atoms with E-state index in [1.54, 1.807) is 6.07 Å². The van der Waals surface area contributed by atoms with E-state index in [9.17, 15) is 14.3 Å². The van der Waals surface area contributed by atoms with Crippen molar-refractivity contribution < 1.29 is 19.0 Å². The van der Waals surface area contributed by atoms with Gasteiger partial charge in [-0.3, -0.25) is 4.98 Å². The van der Waals surface area contributed by atoms with Crippen LogP contribution >= 0.6 is 11.3 Å². The van der Waals surface area contributed by atoms with Gasteiger partial charge in [0, 0.05) is 11.6 Å². The van der Waals surface area contributed by atoms with Crippen LogP contribution in [-0.4, -0.2) is 23.2 Å². The lowest BCUT2D eigenvalue weighted by atomic mass is 10.2. The topological polar surface area (TPSA) is 59.4 Å². The Hall–Kier alpha value is -2.21. The van der Waals surface area contributed by atoms with Crippen LogP contribution in [0.3, 0.4) is 0 Å². The van der Waals surface area contributed by atoms with Gasteiger partial charge >= 0.3 is 5.97 Å². The minimum atomic E-state index is -0.622. The van der Waals surface area contributed by atoms with Crippen LogP contribution in [0.2, 0.25) is 0 Å². The number of pyridine rings is 1. The second kappa shape index (κ2) is 4.17. The first-order chi connectivity index (χ1) is 9.11. The standard InChI is InChI=1S/C13H8FNO3S/c1-18-13(17)12-10(16)8-5-15-9-3-2-6(14)4-7(9)11(8)19-12/h2-5,16H,1H3. The molecule has 0 amide bonds. The van der Waals surface area contributed by atoms with Crippen LogP contribution in [0.1, 0.15) is 9.67 Å². The summed E-state index contributed by atoms with van der Waals surface area (Å²) in [6, 6.07) is 4.20. The van der Waals surface area contributed by atoms with Crippen LogP contribution in [0.25, 0.3) is 21.0 Å². The van der Waals surface area contributed by atoms with E-state index in [4.69, 9.17) is 0 Å². The fourth-order valence-electron chi connectivity index (χ4n) is 1.92. The largest absolute Gasteiger partial charge is 0.505 e. The van der Waals surface area contributed by atoms with Crippen molar-refractivity contribution in [3.05, 3.63) is 35.1 Å². The summed E-state index contributed by atoms with van der Waals surface area (Å²) in [5.41, 5.74) is 0.603. The molecule has 0 bridgehead atoms. The average molecular weight is 277 g/mol. The van der Waals surface area contributed by atoms with Gasteiger partial charge in [0.2, 0.25) is 0 Å². The van der Waals surface area contributed by atoms with Crippen LogP contribution in [-0.2, 0) is 4.74 Å². The van der Waals surface area contributed by atoms with Gasteiger partial charge in [0.25, 0.3) is 0 Å². The molecule has 0 unspecified atom stereocenters. The number of methoxy groups -OCH3 is 1.